The summed E-state index contributed by atoms with van der Waals surface area (Å²) in [6.45, 7) is 3.62. The van der Waals surface area contributed by atoms with Gasteiger partial charge in [-0.2, -0.15) is 13.2 Å². The molecule has 0 saturated carbocycles. The molecule has 1 aliphatic rings. The first-order valence-electron chi connectivity index (χ1n) is 8.02. The quantitative estimate of drug-likeness (QED) is 0.289. The molecule has 154 valence electrons. The van der Waals surface area contributed by atoms with Gasteiger partial charge in [0.2, 0.25) is 0 Å². The molecular formula is C16H21F5N2O3S. The van der Waals surface area contributed by atoms with E-state index in [0.29, 0.717) is 4.90 Å². The number of urea groups is 1. The first-order valence-corrected chi connectivity index (χ1v) is 8.47. The zero-order valence-electron chi connectivity index (χ0n) is 14.9. The number of alkyl halides is 5. The molecule has 0 saturated heterocycles. The van der Waals surface area contributed by atoms with E-state index >= 15 is 0 Å². The van der Waals surface area contributed by atoms with Gasteiger partial charge in [-0.05, 0) is 12.8 Å². The fourth-order valence-corrected chi connectivity index (χ4v) is 2.95. The third kappa shape index (κ3) is 5.68. The Labute approximate surface area is 158 Å². The average molecular weight is 416 g/mol. The smallest absolute Gasteiger partial charge is 0.369 e. The monoisotopic (exact) mass is 416 g/mol. The molecule has 0 bridgehead atoms. The molecule has 0 aliphatic carbocycles. The summed E-state index contributed by atoms with van der Waals surface area (Å²) in [6.07, 6.45) is -11.0. The SMILES string of the molecule is CC1=C(/C(=C(\S)C=O)C(F)F)C(O)N(CC(C)C)C(=O)N1CCC(F)(F)F. The molecule has 1 unspecified atom stereocenters. The maximum absolute atomic E-state index is 13.5. The second-order valence-corrected chi connectivity index (χ2v) is 6.92. The van der Waals surface area contributed by atoms with Crippen molar-refractivity contribution in [2.45, 2.75) is 46.0 Å². The van der Waals surface area contributed by atoms with Crippen molar-refractivity contribution in [3.8, 4) is 0 Å². The van der Waals surface area contributed by atoms with Gasteiger partial charge in [0.05, 0.1) is 11.3 Å². The Bertz CT molecular complexity index is 646. The molecule has 2 amide bonds. The van der Waals surface area contributed by atoms with Crippen molar-refractivity contribution in [2.75, 3.05) is 13.1 Å². The van der Waals surface area contributed by atoms with Gasteiger partial charge < -0.3 is 5.11 Å². The van der Waals surface area contributed by atoms with E-state index in [9.17, 15) is 36.6 Å². The lowest BCUT2D eigenvalue weighted by Gasteiger charge is -2.42. The van der Waals surface area contributed by atoms with Crippen LogP contribution in [-0.4, -0.2) is 59.1 Å². The third-order valence-electron chi connectivity index (χ3n) is 3.90. The van der Waals surface area contributed by atoms with Gasteiger partial charge in [-0.25, -0.2) is 13.6 Å². The zero-order valence-corrected chi connectivity index (χ0v) is 15.8. The lowest BCUT2D eigenvalue weighted by Crippen LogP contribution is -2.55. The van der Waals surface area contributed by atoms with Gasteiger partial charge in [-0.15, -0.1) is 12.6 Å². The number of carbonyl (C=O) groups excluding carboxylic acids is 2. The van der Waals surface area contributed by atoms with E-state index in [0.717, 1.165) is 11.8 Å². The minimum Gasteiger partial charge on any atom is -0.369 e. The zero-order chi connectivity index (χ0) is 21.1. The summed E-state index contributed by atoms with van der Waals surface area (Å²) in [5.41, 5.74) is -1.69. The van der Waals surface area contributed by atoms with Crippen LogP contribution < -0.4 is 0 Å². The number of aliphatic hydroxyl groups is 1. The number of amides is 2. The van der Waals surface area contributed by atoms with Crippen molar-refractivity contribution in [1.29, 1.82) is 0 Å². The molecule has 27 heavy (non-hydrogen) atoms. The Balaban J connectivity index is 3.55. The topological polar surface area (TPSA) is 60.9 Å². The van der Waals surface area contributed by atoms with Gasteiger partial charge in [0, 0.05) is 29.9 Å². The Hall–Kier alpha value is -1.62. The highest BCUT2D eigenvalue weighted by Gasteiger charge is 2.42. The highest BCUT2D eigenvalue weighted by molar-refractivity contribution is 7.85. The number of nitrogens with zero attached hydrogens (tertiary/aromatic N) is 2. The largest absolute Gasteiger partial charge is 0.390 e. The predicted octanol–water partition coefficient (Wildman–Crippen LogP) is 3.57. The van der Waals surface area contributed by atoms with Crippen LogP contribution in [0.4, 0.5) is 26.7 Å². The molecule has 1 N–H and O–H groups in total. The third-order valence-corrected chi connectivity index (χ3v) is 4.25. The van der Waals surface area contributed by atoms with E-state index in [1.54, 1.807) is 13.8 Å². The fraction of sp³-hybridized carbons (Fsp3) is 0.625. The number of hydrogen-bond acceptors (Lipinski definition) is 4. The molecule has 0 radical (unpaired) electrons. The molecule has 0 aromatic heterocycles. The molecule has 1 rings (SSSR count). The summed E-state index contributed by atoms with van der Waals surface area (Å²) >= 11 is 3.69. The molecule has 1 atom stereocenters. The molecule has 11 heteroatoms. The lowest BCUT2D eigenvalue weighted by molar-refractivity contribution is -0.136. The van der Waals surface area contributed by atoms with Gasteiger partial charge in [0.1, 0.15) is 0 Å². The van der Waals surface area contributed by atoms with Crippen LogP contribution in [0.1, 0.15) is 27.2 Å². The summed E-state index contributed by atoms with van der Waals surface area (Å²) < 4.78 is 64.9. The Kier molecular flexibility index (Phi) is 7.85. The Morgan fingerprint density at radius 1 is 1.33 bits per heavy atom. The van der Waals surface area contributed by atoms with Crippen molar-refractivity contribution in [3.63, 3.8) is 0 Å². The van der Waals surface area contributed by atoms with Gasteiger partial charge in [-0.1, -0.05) is 13.8 Å². The van der Waals surface area contributed by atoms with E-state index in [1.807, 2.05) is 0 Å². The van der Waals surface area contributed by atoms with Crippen LogP contribution in [0, 0.1) is 5.92 Å². The van der Waals surface area contributed by atoms with Crippen LogP contribution in [0.3, 0.4) is 0 Å². The number of thiol groups is 1. The summed E-state index contributed by atoms with van der Waals surface area (Å²) in [6, 6.07) is -0.929. The van der Waals surface area contributed by atoms with Crippen molar-refractivity contribution in [1.82, 2.24) is 9.80 Å². The van der Waals surface area contributed by atoms with Crippen molar-refractivity contribution < 1.29 is 36.6 Å². The van der Waals surface area contributed by atoms with E-state index in [-0.39, 0.29) is 24.4 Å². The molecule has 1 heterocycles. The maximum atomic E-state index is 13.5. The Morgan fingerprint density at radius 3 is 2.30 bits per heavy atom. The lowest BCUT2D eigenvalue weighted by atomic mass is 9.97. The average Bonchev–Trinajstić information content (AvgIpc) is 2.53. The number of aldehydes is 1. The molecule has 0 aromatic carbocycles. The first kappa shape index (κ1) is 23.4. The predicted molar refractivity (Wildman–Crippen MR) is 91.1 cm³/mol. The van der Waals surface area contributed by atoms with Crippen LogP contribution in [0.2, 0.25) is 0 Å². The highest BCUT2D eigenvalue weighted by atomic mass is 32.1. The normalized spacial score (nSPS) is 20.0. The second kappa shape index (κ2) is 9.05. The Morgan fingerprint density at radius 2 is 1.89 bits per heavy atom. The van der Waals surface area contributed by atoms with E-state index in [4.69, 9.17) is 0 Å². The van der Waals surface area contributed by atoms with Gasteiger partial charge in [0.25, 0.3) is 6.43 Å². The molecule has 5 nitrogen and oxygen atoms in total. The minimum absolute atomic E-state index is 0.0425. The van der Waals surface area contributed by atoms with Crippen LogP contribution in [0.25, 0.3) is 0 Å². The number of aliphatic hydroxyl groups excluding tert-OH is 1. The van der Waals surface area contributed by atoms with E-state index in [2.05, 4.69) is 12.6 Å². The summed E-state index contributed by atoms with van der Waals surface area (Å²) in [5.74, 6) is -0.201. The van der Waals surface area contributed by atoms with Crippen LogP contribution >= 0.6 is 12.6 Å². The van der Waals surface area contributed by atoms with Crippen molar-refractivity contribution in [2.24, 2.45) is 5.92 Å². The van der Waals surface area contributed by atoms with Gasteiger partial charge in [-0.3, -0.25) is 14.6 Å². The number of allylic oxidation sites excluding steroid dienone is 2. The molecule has 0 aromatic rings. The van der Waals surface area contributed by atoms with Crippen molar-refractivity contribution in [3.05, 3.63) is 21.7 Å². The molecule has 1 aliphatic heterocycles. The fourth-order valence-electron chi connectivity index (χ4n) is 2.73. The summed E-state index contributed by atoms with van der Waals surface area (Å²) in [5, 5.41) is 10.5. The van der Waals surface area contributed by atoms with Crippen molar-refractivity contribution >= 4 is 24.9 Å². The molecular weight excluding hydrogens is 395 g/mol. The van der Waals surface area contributed by atoms with Crippen LogP contribution in [0.15, 0.2) is 21.7 Å². The van der Waals surface area contributed by atoms with Gasteiger partial charge in [0.15, 0.2) is 12.5 Å². The molecule has 0 fully saturated rings. The second-order valence-electron chi connectivity index (χ2n) is 6.44. The van der Waals surface area contributed by atoms with Crippen LogP contribution in [-0.2, 0) is 4.79 Å². The highest BCUT2D eigenvalue weighted by Crippen LogP contribution is 2.36. The number of halogens is 5. The molecule has 0 spiro atoms. The van der Waals surface area contributed by atoms with E-state index < -0.39 is 53.9 Å². The maximum Gasteiger partial charge on any atom is 0.390 e. The minimum atomic E-state index is -4.57. The number of hydrogen-bond donors (Lipinski definition) is 2. The van der Waals surface area contributed by atoms with Gasteiger partial charge >= 0.3 is 12.2 Å². The van der Waals surface area contributed by atoms with Crippen LogP contribution in [0.5, 0.6) is 0 Å². The number of rotatable bonds is 7. The summed E-state index contributed by atoms with van der Waals surface area (Å²) in [4.78, 5) is 24.3. The summed E-state index contributed by atoms with van der Waals surface area (Å²) in [7, 11) is 0. The van der Waals surface area contributed by atoms with E-state index in [1.165, 1.54) is 0 Å². The standard InChI is InChI=1S/C16H21F5N2O3S/c1-8(2)6-23-14(25)11(12(13(17)18)10(27)7-24)9(3)22(15(23)26)5-4-16(19,20)21/h7-8,13-14,25,27H,4-6H2,1-3H3/b12-10+. The first-order chi connectivity index (χ1) is 12.3. The number of carbonyl (C=O) groups is 2.